The van der Waals surface area contributed by atoms with Gasteiger partial charge in [0.05, 0.1) is 0 Å². The maximum Gasteiger partial charge on any atom is 0.374 e. The van der Waals surface area contributed by atoms with Crippen LogP contribution in [0.1, 0.15) is 41.4 Å². The molecule has 0 aliphatic heterocycles. The van der Waals surface area contributed by atoms with Gasteiger partial charge in [-0.3, -0.25) is 19.2 Å². The SMILES string of the molecule is O=C(OOC(=O)C(C(=O)c1ccccc1)C(=O)c1ccccc1)C(C(=O)c1ccccc1)C(=O)c1ccccc1. The maximum atomic E-state index is 13.2. The summed E-state index contributed by atoms with van der Waals surface area (Å²) >= 11 is 0. The van der Waals surface area contributed by atoms with Gasteiger partial charge in [0.2, 0.25) is 0 Å². The molecule has 0 N–H and O–H groups in total. The van der Waals surface area contributed by atoms with E-state index in [9.17, 15) is 28.8 Å². The summed E-state index contributed by atoms with van der Waals surface area (Å²) in [6.07, 6.45) is 0. The molecule has 4 rings (SSSR count). The molecule has 0 radical (unpaired) electrons. The van der Waals surface area contributed by atoms with Crippen LogP contribution in [-0.2, 0) is 19.4 Å². The van der Waals surface area contributed by atoms with Crippen molar-refractivity contribution in [1.82, 2.24) is 0 Å². The summed E-state index contributed by atoms with van der Waals surface area (Å²) in [5.74, 6) is -10.5. The van der Waals surface area contributed by atoms with Crippen LogP contribution in [0.4, 0.5) is 0 Å². The summed E-state index contributed by atoms with van der Waals surface area (Å²) in [5, 5.41) is 0. The fraction of sp³-hybridized carbons (Fsp3) is 0.0625. The first-order valence-corrected chi connectivity index (χ1v) is 12.2. The molecule has 0 unspecified atom stereocenters. The van der Waals surface area contributed by atoms with E-state index in [4.69, 9.17) is 0 Å². The lowest BCUT2D eigenvalue weighted by Crippen LogP contribution is -2.37. The fourth-order valence-corrected chi connectivity index (χ4v) is 3.92. The molecular weight excluding hydrogens is 512 g/mol. The van der Waals surface area contributed by atoms with Crippen LogP contribution >= 0.6 is 0 Å². The third-order valence-electron chi connectivity index (χ3n) is 5.96. The second kappa shape index (κ2) is 12.8. The molecule has 0 bridgehead atoms. The minimum atomic E-state index is -2.01. The second-order valence-electron chi connectivity index (χ2n) is 8.59. The smallest absolute Gasteiger partial charge is 0.293 e. The molecule has 0 fully saturated rings. The Morgan fingerprint density at radius 1 is 0.350 bits per heavy atom. The Labute approximate surface area is 229 Å². The van der Waals surface area contributed by atoms with Crippen molar-refractivity contribution in [3.63, 3.8) is 0 Å². The van der Waals surface area contributed by atoms with Gasteiger partial charge in [-0.1, -0.05) is 121 Å². The van der Waals surface area contributed by atoms with Gasteiger partial charge in [0, 0.05) is 22.3 Å². The van der Waals surface area contributed by atoms with E-state index in [1.54, 1.807) is 72.8 Å². The highest BCUT2D eigenvalue weighted by Gasteiger charge is 2.41. The molecule has 40 heavy (non-hydrogen) atoms. The van der Waals surface area contributed by atoms with Gasteiger partial charge in [0.1, 0.15) is 0 Å². The normalized spacial score (nSPS) is 10.6. The first kappa shape index (κ1) is 27.5. The van der Waals surface area contributed by atoms with Gasteiger partial charge >= 0.3 is 11.9 Å². The third-order valence-corrected chi connectivity index (χ3v) is 5.96. The van der Waals surface area contributed by atoms with Crippen molar-refractivity contribution in [2.45, 2.75) is 0 Å². The van der Waals surface area contributed by atoms with Gasteiger partial charge in [-0.15, -0.1) is 0 Å². The van der Waals surface area contributed by atoms with Crippen LogP contribution in [0.2, 0.25) is 0 Å². The van der Waals surface area contributed by atoms with E-state index >= 15 is 0 Å². The molecular formula is C32H22O8. The van der Waals surface area contributed by atoms with Gasteiger partial charge in [-0.25, -0.2) is 19.4 Å². The van der Waals surface area contributed by atoms with Gasteiger partial charge in [0.25, 0.3) is 0 Å². The Kier molecular flexibility index (Phi) is 8.84. The number of rotatable bonds is 10. The van der Waals surface area contributed by atoms with E-state index in [0.29, 0.717) is 0 Å². The summed E-state index contributed by atoms with van der Waals surface area (Å²) in [4.78, 5) is 88.3. The number of hydrogen-bond acceptors (Lipinski definition) is 8. The number of hydrogen-bond donors (Lipinski definition) is 0. The summed E-state index contributed by atoms with van der Waals surface area (Å²) in [6.45, 7) is 0. The molecule has 8 heteroatoms. The Morgan fingerprint density at radius 2 is 0.550 bits per heavy atom. The second-order valence-corrected chi connectivity index (χ2v) is 8.59. The highest BCUT2D eigenvalue weighted by atomic mass is 17.2. The molecule has 4 aromatic rings. The Balaban J connectivity index is 1.60. The molecule has 0 aliphatic rings. The van der Waals surface area contributed by atoms with Crippen molar-refractivity contribution in [3.8, 4) is 0 Å². The Morgan fingerprint density at radius 3 is 0.750 bits per heavy atom. The van der Waals surface area contributed by atoms with Gasteiger partial charge in [-0.2, -0.15) is 0 Å². The number of Topliss-reactive ketones (excluding diaryl/α,β-unsaturated/α-hetero) is 4. The van der Waals surface area contributed by atoms with Crippen LogP contribution in [0.3, 0.4) is 0 Å². The van der Waals surface area contributed by atoms with Gasteiger partial charge in [-0.05, 0) is 0 Å². The Bertz CT molecular complexity index is 1310. The van der Waals surface area contributed by atoms with Crippen LogP contribution in [0, 0.1) is 11.8 Å². The lowest BCUT2D eigenvalue weighted by molar-refractivity contribution is -0.261. The average Bonchev–Trinajstić information content (AvgIpc) is 3.01. The number of ketones is 4. The number of benzene rings is 4. The summed E-state index contributed by atoms with van der Waals surface area (Å²) in [5.41, 5.74) is 0.209. The van der Waals surface area contributed by atoms with Crippen LogP contribution in [0.15, 0.2) is 121 Å². The van der Waals surface area contributed by atoms with E-state index in [-0.39, 0.29) is 22.3 Å². The molecule has 198 valence electrons. The Hall–Kier alpha value is -5.50. The van der Waals surface area contributed by atoms with Crippen molar-refractivity contribution in [3.05, 3.63) is 144 Å². The molecule has 0 amide bonds. The topological polar surface area (TPSA) is 121 Å². The lowest BCUT2D eigenvalue weighted by atomic mass is 9.90. The first-order valence-electron chi connectivity index (χ1n) is 12.2. The highest BCUT2D eigenvalue weighted by molar-refractivity contribution is 6.28. The van der Waals surface area contributed by atoms with Gasteiger partial charge in [0.15, 0.2) is 35.0 Å². The van der Waals surface area contributed by atoms with Crippen molar-refractivity contribution in [1.29, 1.82) is 0 Å². The van der Waals surface area contributed by atoms with Crippen molar-refractivity contribution in [2.75, 3.05) is 0 Å². The zero-order valence-corrected chi connectivity index (χ0v) is 21.0. The van der Waals surface area contributed by atoms with E-state index in [1.807, 2.05) is 0 Å². The quantitative estimate of drug-likeness (QED) is 0.124. The van der Waals surface area contributed by atoms with Crippen molar-refractivity contribution < 1.29 is 38.5 Å². The third kappa shape index (κ3) is 6.31. The van der Waals surface area contributed by atoms with Crippen LogP contribution in [-0.4, -0.2) is 35.1 Å². The average molecular weight is 535 g/mol. The molecule has 0 aliphatic carbocycles. The molecule has 0 spiro atoms. The molecule has 8 nitrogen and oxygen atoms in total. The number of carbonyl (C=O) groups excluding carboxylic acids is 6. The summed E-state index contributed by atoms with van der Waals surface area (Å²) in [6, 6.07) is 30.4. The first-order chi connectivity index (χ1) is 19.4. The predicted octanol–water partition coefficient (Wildman–Crippen LogP) is 4.75. The van der Waals surface area contributed by atoms with E-state index < -0.39 is 46.9 Å². The predicted molar refractivity (Wildman–Crippen MR) is 142 cm³/mol. The molecule has 4 aromatic carbocycles. The molecule has 0 atom stereocenters. The van der Waals surface area contributed by atoms with Crippen molar-refractivity contribution >= 4 is 35.1 Å². The molecule has 0 heterocycles. The molecule has 0 saturated carbocycles. The van der Waals surface area contributed by atoms with Gasteiger partial charge < -0.3 is 0 Å². The molecule has 0 aromatic heterocycles. The highest BCUT2D eigenvalue weighted by Crippen LogP contribution is 2.20. The minimum absolute atomic E-state index is 0.0523. The molecule has 0 saturated heterocycles. The van der Waals surface area contributed by atoms with Crippen LogP contribution < -0.4 is 0 Å². The van der Waals surface area contributed by atoms with Crippen molar-refractivity contribution in [2.24, 2.45) is 11.8 Å². The summed E-state index contributed by atoms with van der Waals surface area (Å²) in [7, 11) is 0. The number of carbonyl (C=O) groups is 6. The standard InChI is InChI=1S/C32H22O8/c33-27(21-13-5-1-6-14-21)25(28(34)22-15-7-2-8-16-22)31(37)39-40-32(38)26(29(35)23-17-9-3-10-18-23)30(36)24-19-11-4-12-20-24/h1-20,25-26H. The maximum absolute atomic E-state index is 13.2. The zero-order valence-electron chi connectivity index (χ0n) is 21.0. The summed E-state index contributed by atoms with van der Waals surface area (Å²) < 4.78 is 0. The van der Waals surface area contributed by atoms with Crippen LogP contribution in [0.25, 0.3) is 0 Å². The largest absolute Gasteiger partial charge is 0.374 e. The fourth-order valence-electron chi connectivity index (χ4n) is 3.92. The van der Waals surface area contributed by atoms with E-state index in [0.717, 1.165) is 0 Å². The monoisotopic (exact) mass is 534 g/mol. The van der Waals surface area contributed by atoms with Crippen LogP contribution in [0.5, 0.6) is 0 Å². The van der Waals surface area contributed by atoms with E-state index in [1.165, 1.54) is 48.5 Å². The van der Waals surface area contributed by atoms with E-state index in [2.05, 4.69) is 9.78 Å². The minimum Gasteiger partial charge on any atom is -0.293 e. The lowest BCUT2D eigenvalue weighted by Gasteiger charge is -2.16. The zero-order chi connectivity index (χ0) is 28.5.